The summed E-state index contributed by atoms with van der Waals surface area (Å²) in [6, 6.07) is 19.1. The van der Waals surface area contributed by atoms with Crippen LogP contribution in [0.2, 0.25) is 0 Å². The molecule has 0 saturated heterocycles. The molecule has 0 aliphatic carbocycles. The maximum atomic E-state index is 8.97. The van der Waals surface area contributed by atoms with Crippen molar-refractivity contribution < 1.29 is 5.21 Å². The Labute approximate surface area is 160 Å². The van der Waals surface area contributed by atoms with Crippen molar-refractivity contribution in [1.82, 2.24) is 4.98 Å². The van der Waals surface area contributed by atoms with Crippen LogP contribution < -0.4 is 4.90 Å². The zero-order valence-electron chi connectivity index (χ0n) is 16.0. The molecule has 4 heteroatoms. The lowest BCUT2D eigenvalue weighted by Crippen LogP contribution is -2.08. The maximum absolute atomic E-state index is 8.97. The highest BCUT2D eigenvalue weighted by atomic mass is 16.4. The summed E-state index contributed by atoms with van der Waals surface area (Å²) in [4.78, 5) is 6.44. The monoisotopic (exact) mass is 359 g/mol. The van der Waals surface area contributed by atoms with Crippen LogP contribution in [-0.2, 0) is 0 Å². The number of pyridine rings is 1. The van der Waals surface area contributed by atoms with E-state index in [1.165, 1.54) is 16.7 Å². The smallest absolute Gasteiger partial charge is 0.0445 e. The number of hydrogen-bond acceptors (Lipinski definition) is 4. The fourth-order valence-electron chi connectivity index (χ4n) is 3.28. The molecule has 2 aromatic carbocycles. The lowest BCUT2D eigenvalue weighted by atomic mass is 9.85. The van der Waals surface area contributed by atoms with Crippen LogP contribution in [-0.4, -0.2) is 30.5 Å². The van der Waals surface area contributed by atoms with E-state index in [0.717, 1.165) is 16.8 Å². The van der Waals surface area contributed by atoms with E-state index in [2.05, 4.69) is 76.6 Å². The zero-order chi connectivity index (χ0) is 19.2. The van der Waals surface area contributed by atoms with Crippen LogP contribution in [0, 0.1) is 6.92 Å². The van der Waals surface area contributed by atoms with Crippen LogP contribution in [0.1, 0.15) is 29.0 Å². The number of rotatable bonds is 6. The average Bonchev–Trinajstić information content (AvgIpc) is 2.70. The minimum absolute atomic E-state index is 0.0908. The van der Waals surface area contributed by atoms with Crippen molar-refractivity contribution in [1.29, 1.82) is 0 Å². The number of oxime groups is 1. The lowest BCUT2D eigenvalue weighted by molar-refractivity contribution is 0.320. The van der Waals surface area contributed by atoms with Gasteiger partial charge in [-0.2, -0.15) is 0 Å². The summed E-state index contributed by atoms with van der Waals surface area (Å²) in [5, 5.41) is 12.2. The van der Waals surface area contributed by atoms with Gasteiger partial charge in [0.15, 0.2) is 0 Å². The molecule has 0 aliphatic rings. The molecule has 3 aromatic rings. The molecule has 0 aliphatic heterocycles. The van der Waals surface area contributed by atoms with Gasteiger partial charge in [0.2, 0.25) is 0 Å². The Morgan fingerprint density at radius 1 is 1.04 bits per heavy atom. The van der Waals surface area contributed by atoms with Crippen molar-refractivity contribution in [3.05, 3.63) is 83.7 Å². The van der Waals surface area contributed by atoms with Crippen LogP contribution in [0.3, 0.4) is 0 Å². The first kappa shape index (κ1) is 18.6. The van der Waals surface area contributed by atoms with Crippen LogP contribution in [0.15, 0.2) is 72.1 Å². The van der Waals surface area contributed by atoms with E-state index in [4.69, 9.17) is 5.21 Å². The molecule has 1 N–H and O–H groups in total. The highest BCUT2D eigenvalue weighted by Gasteiger charge is 2.18. The number of anilines is 1. The summed E-state index contributed by atoms with van der Waals surface area (Å²) in [5.74, 6) is 0.0908. The molecule has 3 rings (SSSR count). The van der Waals surface area contributed by atoms with E-state index < -0.39 is 0 Å². The first-order valence-electron chi connectivity index (χ1n) is 9.04. The van der Waals surface area contributed by atoms with Crippen molar-refractivity contribution in [3.8, 4) is 11.1 Å². The van der Waals surface area contributed by atoms with Crippen LogP contribution in [0.4, 0.5) is 5.69 Å². The maximum Gasteiger partial charge on any atom is 0.0445 e. The molecule has 138 valence electrons. The predicted molar refractivity (Wildman–Crippen MR) is 112 cm³/mol. The van der Waals surface area contributed by atoms with Gasteiger partial charge >= 0.3 is 0 Å². The van der Waals surface area contributed by atoms with Crippen LogP contribution in [0.5, 0.6) is 0 Å². The summed E-state index contributed by atoms with van der Waals surface area (Å²) in [6.45, 7) is 2.08. The molecule has 0 fully saturated rings. The molecular formula is C23H25N3O. The Morgan fingerprint density at radius 2 is 1.74 bits per heavy atom. The van der Waals surface area contributed by atoms with Gasteiger partial charge in [-0.25, -0.2) is 0 Å². The summed E-state index contributed by atoms with van der Waals surface area (Å²) in [5.41, 5.74) is 6.97. The minimum Gasteiger partial charge on any atom is -0.411 e. The van der Waals surface area contributed by atoms with Gasteiger partial charge in [0.1, 0.15) is 0 Å². The van der Waals surface area contributed by atoms with Crippen molar-refractivity contribution in [3.63, 3.8) is 0 Å². The molecule has 1 heterocycles. The molecule has 0 radical (unpaired) electrons. The largest absolute Gasteiger partial charge is 0.411 e. The van der Waals surface area contributed by atoms with Gasteiger partial charge < -0.3 is 10.1 Å². The average molecular weight is 359 g/mol. The Morgan fingerprint density at radius 3 is 2.37 bits per heavy atom. The lowest BCUT2D eigenvalue weighted by Gasteiger charge is -2.20. The fourth-order valence-corrected chi connectivity index (χ4v) is 3.28. The van der Waals surface area contributed by atoms with Gasteiger partial charge in [-0.1, -0.05) is 42.0 Å². The first-order chi connectivity index (χ1) is 13.1. The highest BCUT2D eigenvalue weighted by Crippen LogP contribution is 2.35. The second-order valence-electron chi connectivity index (χ2n) is 6.90. The van der Waals surface area contributed by atoms with Gasteiger partial charge in [0.25, 0.3) is 0 Å². The molecule has 0 bridgehead atoms. The van der Waals surface area contributed by atoms with E-state index in [1.54, 1.807) is 6.21 Å². The molecule has 0 spiro atoms. The van der Waals surface area contributed by atoms with E-state index in [-0.39, 0.29) is 5.92 Å². The molecule has 0 amide bonds. The standard InChI is InChI=1S/C23H25N3O/c1-17-4-6-18(7-5-17)21(13-15-25-27)22-12-14-24-16-23(22)19-8-10-20(11-9-19)26(2)3/h4-12,14-16,21,27H,13H2,1-3H3/b25-15+. The van der Waals surface area contributed by atoms with Gasteiger partial charge in [0.05, 0.1) is 0 Å². The van der Waals surface area contributed by atoms with Crippen molar-refractivity contribution >= 4 is 11.9 Å². The van der Waals surface area contributed by atoms with Gasteiger partial charge in [-0.05, 0) is 48.2 Å². The number of aromatic nitrogens is 1. The Bertz CT molecular complexity index is 900. The molecule has 1 atom stereocenters. The van der Waals surface area contributed by atoms with E-state index >= 15 is 0 Å². The number of hydrogen-bond donors (Lipinski definition) is 1. The van der Waals surface area contributed by atoms with Gasteiger partial charge in [-0.15, -0.1) is 5.16 Å². The van der Waals surface area contributed by atoms with Crippen molar-refractivity contribution in [2.45, 2.75) is 19.3 Å². The molecular weight excluding hydrogens is 334 g/mol. The summed E-state index contributed by atoms with van der Waals surface area (Å²) >= 11 is 0. The normalized spacial score (nSPS) is 12.3. The molecule has 0 saturated carbocycles. The minimum atomic E-state index is 0.0908. The Balaban J connectivity index is 2.06. The molecule has 27 heavy (non-hydrogen) atoms. The van der Waals surface area contributed by atoms with Gasteiger partial charge in [0, 0.05) is 49.9 Å². The van der Waals surface area contributed by atoms with E-state index in [1.807, 2.05) is 26.5 Å². The zero-order valence-corrected chi connectivity index (χ0v) is 16.0. The molecule has 1 unspecified atom stereocenters. The second kappa shape index (κ2) is 8.49. The quantitative estimate of drug-likeness (QED) is 0.378. The third-order valence-corrected chi connectivity index (χ3v) is 4.83. The van der Waals surface area contributed by atoms with E-state index in [9.17, 15) is 0 Å². The van der Waals surface area contributed by atoms with Crippen LogP contribution in [0.25, 0.3) is 11.1 Å². The number of benzene rings is 2. The SMILES string of the molecule is Cc1ccc(C(C/C=N/O)c2ccncc2-c2ccc(N(C)C)cc2)cc1. The predicted octanol–water partition coefficient (Wildman–Crippen LogP) is 5.11. The summed E-state index contributed by atoms with van der Waals surface area (Å²) in [7, 11) is 4.07. The molecule has 4 nitrogen and oxygen atoms in total. The summed E-state index contributed by atoms with van der Waals surface area (Å²) < 4.78 is 0. The topological polar surface area (TPSA) is 48.7 Å². The van der Waals surface area contributed by atoms with Crippen molar-refractivity contribution in [2.24, 2.45) is 5.16 Å². The third-order valence-electron chi connectivity index (χ3n) is 4.83. The first-order valence-corrected chi connectivity index (χ1v) is 9.04. The van der Waals surface area contributed by atoms with Crippen molar-refractivity contribution in [2.75, 3.05) is 19.0 Å². The van der Waals surface area contributed by atoms with E-state index in [0.29, 0.717) is 6.42 Å². The number of nitrogens with zero attached hydrogens (tertiary/aromatic N) is 3. The third kappa shape index (κ3) is 4.34. The Hall–Kier alpha value is -3.14. The molecule has 1 aromatic heterocycles. The van der Waals surface area contributed by atoms with Crippen LogP contribution >= 0.6 is 0 Å². The highest BCUT2D eigenvalue weighted by molar-refractivity contribution is 5.71. The summed E-state index contributed by atoms with van der Waals surface area (Å²) in [6.07, 6.45) is 5.91. The Kier molecular flexibility index (Phi) is 5.87. The second-order valence-corrected chi connectivity index (χ2v) is 6.90. The fraction of sp³-hybridized carbons (Fsp3) is 0.217. The number of aryl methyl sites for hydroxylation is 1. The van der Waals surface area contributed by atoms with Gasteiger partial charge in [-0.3, -0.25) is 4.98 Å².